The molecule has 1 rings (SSSR count). The first-order valence-corrected chi connectivity index (χ1v) is 5.06. The van der Waals surface area contributed by atoms with Crippen LogP contribution in [0.1, 0.15) is 31.4 Å². The van der Waals surface area contributed by atoms with Crippen LogP contribution in [0, 0.1) is 5.92 Å². The lowest BCUT2D eigenvalue weighted by molar-refractivity contribution is -0.137. The van der Waals surface area contributed by atoms with Gasteiger partial charge in [0.2, 0.25) is 0 Å². The smallest absolute Gasteiger partial charge is 0.303 e. The molecule has 1 aromatic rings. The minimum Gasteiger partial charge on any atom is -0.481 e. The first kappa shape index (κ1) is 11.7. The van der Waals surface area contributed by atoms with E-state index in [2.05, 4.69) is 0 Å². The van der Waals surface area contributed by atoms with Crippen LogP contribution in [0.15, 0.2) is 30.3 Å². The fraction of sp³-hybridized carbons (Fsp3) is 0.417. The molecule has 3 nitrogen and oxygen atoms in total. The molecule has 2 N–H and O–H groups in total. The second-order valence-electron chi connectivity index (χ2n) is 3.77. The van der Waals surface area contributed by atoms with Gasteiger partial charge in [-0.2, -0.15) is 0 Å². The predicted octanol–water partition coefficient (Wildman–Crippen LogP) is 2.22. The standard InChI is InChI=1S/C12H16O3/c1-9(7-8-11(13)14)12(15)10-5-3-2-4-6-10/h2-6,9,12,15H,7-8H2,1H3,(H,13,14)/t9-,12+/m0/s1. The first-order valence-electron chi connectivity index (χ1n) is 5.06. The highest BCUT2D eigenvalue weighted by Gasteiger charge is 2.16. The number of carboxylic acid groups (broad SMARTS) is 1. The van der Waals surface area contributed by atoms with E-state index < -0.39 is 12.1 Å². The van der Waals surface area contributed by atoms with Crippen LogP contribution in [0.2, 0.25) is 0 Å². The van der Waals surface area contributed by atoms with Gasteiger partial charge in [0.15, 0.2) is 0 Å². The molecule has 0 saturated heterocycles. The summed E-state index contributed by atoms with van der Waals surface area (Å²) >= 11 is 0. The van der Waals surface area contributed by atoms with E-state index in [1.165, 1.54) is 0 Å². The molecule has 0 bridgehead atoms. The van der Waals surface area contributed by atoms with E-state index in [4.69, 9.17) is 5.11 Å². The van der Waals surface area contributed by atoms with Gasteiger partial charge in [-0.05, 0) is 17.9 Å². The summed E-state index contributed by atoms with van der Waals surface area (Å²) in [5, 5.41) is 18.4. The van der Waals surface area contributed by atoms with E-state index in [0.717, 1.165) is 5.56 Å². The van der Waals surface area contributed by atoms with Crippen LogP contribution in [-0.2, 0) is 4.79 Å². The van der Waals surface area contributed by atoms with Crippen LogP contribution in [0.3, 0.4) is 0 Å². The molecule has 0 spiro atoms. The Morgan fingerprint density at radius 3 is 2.47 bits per heavy atom. The Morgan fingerprint density at radius 1 is 1.33 bits per heavy atom. The van der Waals surface area contributed by atoms with Gasteiger partial charge in [0, 0.05) is 6.42 Å². The third-order valence-electron chi connectivity index (χ3n) is 2.49. The lowest BCUT2D eigenvalue weighted by Gasteiger charge is -2.18. The van der Waals surface area contributed by atoms with Crippen molar-refractivity contribution >= 4 is 5.97 Å². The molecule has 0 heterocycles. The highest BCUT2D eigenvalue weighted by molar-refractivity contribution is 5.66. The minimum atomic E-state index is -0.817. The monoisotopic (exact) mass is 208 g/mol. The molecule has 2 atom stereocenters. The van der Waals surface area contributed by atoms with Gasteiger partial charge in [0.25, 0.3) is 0 Å². The number of benzene rings is 1. The van der Waals surface area contributed by atoms with Gasteiger partial charge in [0.05, 0.1) is 6.10 Å². The Bertz CT molecular complexity index is 308. The number of aliphatic hydroxyl groups is 1. The summed E-state index contributed by atoms with van der Waals surface area (Å²) in [6, 6.07) is 9.31. The molecule has 1 aromatic carbocycles. The van der Waals surface area contributed by atoms with Crippen molar-refractivity contribution < 1.29 is 15.0 Å². The molecule has 0 amide bonds. The Hall–Kier alpha value is -1.35. The maximum atomic E-state index is 10.4. The quantitative estimate of drug-likeness (QED) is 0.780. The average molecular weight is 208 g/mol. The first-order chi connectivity index (χ1) is 7.11. The SMILES string of the molecule is C[C@@H](CCC(=O)O)[C@@H](O)c1ccccc1. The number of hydrogen-bond donors (Lipinski definition) is 2. The lowest BCUT2D eigenvalue weighted by atomic mass is 9.93. The number of carboxylic acids is 1. The van der Waals surface area contributed by atoms with Crippen molar-refractivity contribution in [3.8, 4) is 0 Å². The Kier molecular flexibility index (Phi) is 4.31. The third kappa shape index (κ3) is 3.72. The van der Waals surface area contributed by atoms with Gasteiger partial charge in [-0.15, -0.1) is 0 Å². The van der Waals surface area contributed by atoms with Gasteiger partial charge in [0.1, 0.15) is 0 Å². The number of rotatable bonds is 5. The summed E-state index contributed by atoms with van der Waals surface area (Å²) in [6.45, 7) is 1.86. The summed E-state index contributed by atoms with van der Waals surface area (Å²) < 4.78 is 0. The molecule has 0 fully saturated rings. The van der Waals surface area contributed by atoms with Crippen molar-refractivity contribution in [1.82, 2.24) is 0 Å². The molecule has 3 heteroatoms. The lowest BCUT2D eigenvalue weighted by Crippen LogP contribution is -2.11. The maximum absolute atomic E-state index is 10.4. The fourth-order valence-electron chi connectivity index (χ4n) is 1.49. The van der Waals surface area contributed by atoms with Crippen molar-refractivity contribution in [2.75, 3.05) is 0 Å². The molecule has 0 radical (unpaired) electrons. The van der Waals surface area contributed by atoms with Crippen molar-refractivity contribution in [3.63, 3.8) is 0 Å². The van der Waals surface area contributed by atoms with E-state index in [0.29, 0.717) is 6.42 Å². The predicted molar refractivity (Wildman–Crippen MR) is 57.4 cm³/mol. The van der Waals surface area contributed by atoms with E-state index in [1.54, 1.807) is 0 Å². The molecule has 82 valence electrons. The normalized spacial score (nSPS) is 14.5. The van der Waals surface area contributed by atoms with Crippen molar-refractivity contribution in [2.24, 2.45) is 5.92 Å². The zero-order chi connectivity index (χ0) is 11.3. The van der Waals surface area contributed by atoms with Crippen molar-refractivity contribution in [3.05, 3.63) is 35.9 Å². The second kappa shape index (κ2) is 5.51. The van der Waals surface area contributed by atoms with Crippen LogP contribution in [0.25, 0.3) is 0 Å². The van der Waals surface area contributed by atoms with Gasteiger partial charge >= 0.3 is 5.97 Å². The average Bonchev–Trinajstić information content (AvgIpc) is 2.26. The molecule has 0 aliphatic carbocycles. The van der Waals surface area contributed by atoms with E-state index >= 15 is 0 Å². The Morgan fingerprint density at radius 2 is 1.93 bits per heavy atom. The van der Waals surface area contributed by atoms with Crippen LogP contribution in [-0.4, -0.2) is 16.2 Å². The van der Waals surface area contributed by atoms with E-state index in [9.17, 15) is 9.90 Å². The minimum absolute atomic E-state index is 0.0384. The molecule has 0 aliphatic heterocycles. The van der Waals surface area contributed by atoms with Gasteiger partial charge in [-0.25, -0.2) is 0 Å². The van der Waals surface area contributed by atoms with Crippen molar-refractivity contribution in [2.45, 2.75) is 25.9 Å². The van der Waals surface area contributed by atoms with E-state index in [-0.39, 0.29) is 12.3 Å². The van der Waals surface area contributed by atoms with E-state index in [1.807, 2.05) is 37.3 Å². The number of carbonyl (C=O) groups is 1. The summed E-state index contributed by atoms with van der Waals surface area (Å²) in [6.07, 6.45) is 0.0155. The van der Waals surface area contributed by atoms with Gasteiger partial charge < -0.3 is 10.2 Å². The molecule has 0 aliphatic rings. The number of aliphatic hydroxyl groups excluding tert-OH is 1. The molecular weight excluding hydrogens is 192 g/mol. The summed E-state index contributed by atoms with van der Waals surface area (Å²) in [7, 11) is 0. The Balaban J connectivity index is 2.53. The molecular formula is C12H16O3. The second-order valence-corrected chi connectivity index (χ2v) is 3.77. The van der Waals surface area contributed by atoms with Crippen LogP contribution < -0.4 is 0 Å². The zero-order valence-corrected chi connectivity index (χ0v) is 8.76. The van der Waals surface area contributed by atoms with Crippen LogP contribution in [0.5, 0.6) is 0 Å². The number of hydrogen-bond acceptors (Lipinski definition) is 2. The molecule has 0 saturated carbocycles. The molecule has 15 heavy (non-hydrogen) atoms. The van der Waals surface area contributed by atoms with Crippen LogP contribution in [0.4, 0.5) is 0 Å². The fourth-order valence-corrected chi connectivity index (χ4v) is 1.49. The maximum Gasteiger partial charge on any atom is 0.303 e. The van der Waals surface area contributed by atoms with Gasteiger partial charge in [-0.3, -0.25) is 4.79 Å². The Labute approximate surface area is 89.4 Å². The number of aliphatic carboxylic acids is 1. The van der Waals surface area contributed by atoms with Crippen molar-refractivity contribution in [1.29, 1.82) is 0 Å². The third-order valence-corrected chi connectivity index (χ3v) is 2.49. The largest absolute Gasteiger partial charge is 0.481 e. The summed E-state index contributed by atoms with van der Waals surface area (Å²) in [4.78, 5) is 10.4. The molecule has 0 unspecified atom stereocenters. The van der Waals surface area contributed by atoms with Crippen LogP contribution >= 0.6 is 0 Å². The zero-order valence-electron chi connectivity index (χ0n) is 8.76. The molecule has 0 aromatic heterocycles. The highest BCUT2D eigenvalue weighted by atomic mass is 16.4. The summed E-state index contributed by atoms with van der Waals surface area (Å²) in [5.41, 5.74) is 0.843. The van der Waals surface area contributed by atoms with Gasteiger partial charge in [-0.1, -0.05) is 37.3 Å². The highest BCUT2D eigenvalue weighted by Crippen LogP contribution is 2.24. The summed E-state index contributed by atoms with van der Waals surface area (Å²) in [5.74, 6) is -0.856. The topological polar surface area (TPSA) is 57.5 Å².